The van der Waals surface area contributed by atoms with Crippen molar-refractivity contribution in [2.75, 3.05) is 7.11 Å². The van der Waals surface area contributed by atoms with Crippen molar-refractivity contribution in [3.8, 4) is 5.75 Å². The predicted molar refractivity (Wildman–Crippen MR) is 77.7 cm³/mol. The number of nitrogens with zero attached hydrogens (tertiary/aromatic N) is 1. The van der Waals surface area contributed by atoms with Crippen molar-refractivity contribution in [1.82, 2.24) is 9.71 Å². The molecule has 0 radical (unpaired) electrons. The molecule has 2 aromatic rings. The molecule has 0 saturated heterocycles. The van der Waals surface area contributed by atoms with Gasteiger partial charge in [0.15, 0.2) is 6.39 Å². The van der Waals surface area contributed by atoms with E-state index < -0.39 is 10.0 Å². The number of nitrogens with one attached hydrogen (secondary N) is 1. The van der Waals surface area contributed by atoms with Crippen LogP contribution in [0, 0.1) is 20.8 Å². The van der Waals surface area contributed by atoms with E-state index in [1.807, 2.05) is 0 Å². The highest BCUT2D eigenvalue weighted by Crippen LogP contribution is 2.25. The van der Waals surface area contributed by atoms with Crippen LogP contribution in [0.15, 0.2) is 27.8 Å². The molecule has 1 heterocycles. The van der Waals surface area contributed by atoms with Crippen LogP contribution in [0.25, 0.3) is 0 Å². The molecule has 0 unspecified atom stereocenters. The van der Waals surface area contributed by atoms with E-state index in [-0.39, 0.29) is 11.4 Å². The quantitative estimate of drug-likeness (QED) is 0.914. The molecule has 1 N–H and O–H groups in total. The van der Waals surface area contributed by atoms with Gasteiger partial charge in [-0.2, -0.15) is 0 Å². The Hall–Kier alpha value is -1.86. The largest absolute Gasteiger partial charge is 0.497 e. The molecule has 0 aliphatic carbocycles. The Bertz CT molecular complexity index is 727. The van der Waals surface area contributed by atoms with Crippen molar-refractivity contribution in [3.63, 3.8) is 0 Å². The van der Waals surface area contributed by atoms with Crippen LogP contribution in [0.5, 0.6) is 5.75 Å². The number of methoxy groups -OCH3 is 1. The van der Waals surface area contributed by atoms with Crippen molar-refractivity contribution in [2.24, 2.45) is 0 Å². The van der Waals surface area contributed by atoms with E-state index in [9.17, 15) is 8.42 Å². The summed E-state index contributed by atoms with van der Waals surface area (Å²) in [5.74, 6) is 1.14. The molecule has 7 heteroatoms. The first-order valence-electron chi connectivity index (χ1n) is 6.39. The lowest BCUT2D eigenvalue weighted by molar-refractivity contribution is 0.413. The summed E-state index contributed by atoms with van der Waals surface area (Å²) >= 11 is 0. The average molecular weight is 310 g/mol. The van der Waals surface area contributed by atoms with E-state index in [2.05, 4.69) is 9.71 Å². The van der Waals surface area contributed by atoms with E-state index in [4.69, 9.17) is 9.15 Å². The Labute approximate surface area is 124 Å². The standard InChI is InChI=1S/C14H18N2O4S/c1-9-5-12(19-4)6-10(2)14(9)21(17,18)16-7-13-11(3)15-8-20-13/h5-6,8,16H,7H2,1-4H3. The summed E-state index contributed by atoms with van der Waals surface area (Å²) in [5.41, 5.74) is 1.93. The molecule has 21 heavy (non-hydrogen) atoms. The molecular weight excluding hydrogens is 292 g/mol. The first kappa shape index (κ1) is 15.5. The van der Waals surface area contributed by atoms with E-state index in [0.717, 1.165) is 0 Å². The highest BCUT2D eigenvalue weighted by atomic mass is 32.2. The van der Waals surface area contributed by atoms with Crippen LogP contribution in [0.1, 0.15) is 22.6 Å². The molecule has 1 aromatic carbocycles. The van der Waals surface area contributed by atoms with E-state index in [0.29, 0.717) is 28.3 Å². The van der Waals surface area contributed by atoms with Crippen LogP contribution < -0.4 is 9.46 Å². The van der Waals surface area contributed by atoms with Gasteiger partial charge in [0, 0.05) is 0 Å². The number of benzene rings is 1. The van der Waals surface area contributed by atoms with Gasteiger partial charge in [0.2, 0.25) is 10.0 Å². The minimum Gasteiger partial charge on any atom is -0.497 e. The maximum atomic E-state index is 12.5. The third kappa shape index (κ3) is 3.25. The number of ether oxygens (including phenoxy) is 1. The van der Waals surface area contributed by atoms with Gasteiger partial charge < -0.3 is 9.15 Å². The summed E-state index contributed by atoms with van der Waals surface area (Å²) in [6.07, 6.45) is 1.29. The van der Waals surface area contributed by atoms with Gasteiger partial charge in [0.25, 0.3) is 0 Å². The minimum absolute atomic E-state index is 0.0685. The molecule has 6 nitrogen and oxygen atoms in total. The Balaban J connectivity index is 2.30. The number of hydrogen-bond acceptors (Lipinski definition) is 5. The molecular formula is C14H18N2O4S. The molecule has 0 aliphatic rings. The van der Waals surface area contributed by atoms with Crippen molar-refractivity contribution >= 4 is 10.0 Å². The number of rotatable bonds is 5. The van der Waals surface area contributed by atoms with Crippen molar-refractivity contribution in [3.05, 3.63) is 41.1 Å². The third-order valence-corrected chi connectivity index (χ3v) is 4.91. The van der Waals surface area contributed by atoms with Gasteiger partial charge in [-0.25, -0.2) is 18.1 Å². The zero-order chi connectivity index (χ0) is 15.6. The van der Waals surface area contributed by atoms with Gasteiger partial charge in [0.05, 0.1) is 24.2 Å². The molecule has 114 valence electrons. The summed E-state index contributed by atoms with van der Waals surface area (Å²) in [6, 6.07) is 3.39. The fraction of sp³-hybridized carbons (Fsp3) is 0.357. The van der Waals surface area contributed by atoms with Crippen molar-refractivity contribution < 1.29 is 17.6 Å². The number of aromatic nitrogens is 1. The maximum absolute atomic E-state index is 12.5. The summed E-state index contributed by atoms with van der Waals surface area (Å²) in [4.78, 5) is 4.19. The molecule has 0 bridgehead atoms. The predicted octanol–water partition coefficient (Wildman–Crippen LogP) is 2.09. The van der Waals surface area contributed by atoms with Crippen molar-refractivity contribution in [1.29, 1.82) is 0 Å². The van der Waals surface area contributed by atoms with Gasteiger partial charge in [-0.05, 0) is 44.0 Å². The molecule has 0 fully saturated rings. The lowest BCUT2D eigenvalue weighted by Gasteiger charge is -2.13. The highest BCUT2D eigenvalue weighted by molar-refractivity contribution is 7.89. The summed E-state index contributed by atoms with van der Waals surface area (Å²) < 4.78 is 37.7. The fourth-order valence-corrected chi connectivity index (χ4v) is 3.61. The van der Waals surface area contributed by atoms with Gasteiger partial charge in [-0.3, -0.25) is 0 Å². The number of oxazole rings is 1. The number of aryl methyl sites for hydroxylation is 3. The van der Waals surface area contributed by atoms with Gasteiger partial charge >= 0.3 is 0 Å². The average Bonchev–Trinajstić information content (AvgIpc) is 2.80. The second-order valence-corrected chi connectivity index (χ2v) is 6.48. The van der Waals surface area contributed by atoms with Crippen LogP contribution in [0.3, 0.4) is 0 Å². The minimum atomic E-state index is -3.63. The summed E-state index contributed by atoms with van der Waals surface area (Å²) in [6.45, 7) is 5.31. The monoisotopic (exact) mass is 310 g/mol. The van der Waals surface area contributed by atoms with Gasteiger partial charge in [0.1, 0.15) is 11.5 Å². The zero-order valence-electron chi connectivity index (χ0n) is 12.4. The molecule has 0 atom stereocenters. The molecule has 0 saturated carbocycles. The normalized spacial score (nSPS) is 11.6. The lowest BCUT2D eigenvalue weighted by Crippen LogP contribution is -2.25. The topological polar surface area (TPSA) is 81.4 Å². The second kappa shape index (κ2) is 5.87. The molecule has 0 spiro atoms. The van der Waals surface area contributed by atoms with Crippen molar-refractivity contribution in [2.45, 2.75) is 32.2 Å². The lowest BCUT2D eigenvalue weighted by atomic mass is 10.1. The zero-order valence-corrected chi connectivity index (χ0v) is 13.2. The van der Waals surface area contributed by atoms with Crippen LogP contribution in [0.2, 0.25) is 0 Å². The van der Waals surface area contributed by atoms with Crippen LogP contribution >= 0.6 is 0 Å². The van der Waals surface area contributed by atoms with E-state index >= 15 is 0 Å². The van der Waals surface area contributed by atoms with Crippen LogP contribution in [-0.4, -0.2) is 20.5 Å². The van der Waals surface area contributed by atoms with Crippen LogP contribution in [-0.2, 0) is 16.6 Å². The third-order valence-electron chi connectivity index (χ3n) is 3.21. The summed E-state index contributed by atoms with van der Waals surface area (Å²) in [7, 11) is -2.08. The second-order valence-electron chi connectivity index (χ2n) is 4.78. The molecule has 1 aromatic heterocycles. The maximum Gasteiger partial charge on any atom is 0.241 e. The van der Waals surface area contributed by atoms with Crippen LogP contribution in [0.4, 0.5) is 0 Å². The number of hydrogen-bond donors (Lipinski definition) is 1. The first-order valence-corrected chi connectivity index (χ1v) is 7.87. The Morgan fingerprint density at radius 1 is 1.24 bits per heavy atom. The SMILES string of the molecule is COc1cc(C)c(S(=O)(=O)NCc2ocnc2C)c(C)c1. The van der Waals surface area contributed by atoms with E-state index in [1.165, 1.54) is 6.39 Å². The van der Waals surface area contributed by atoms with E-state index in [1.54, 1.807) is 40.0 Å². The fourth-order valence-electron chi connectivity index (χ4n) is 2.18. The Kier molecular flexibility index (Phi) is 4.34. The number of sulfonamides is 1. The molecule has 0 amide bonds. The smallest absolute Gasteiger partial charge is 0.241 e. The highest BCUT2D eigenvalue weighted by Gasteiger charge is 2.21. The van der Waals surface area contributed by atoms with Gasteiger partial charge in [-0.15, -0.1) is 0 Å². The molecule has 0 aliphatic heterocycles. The Morgan fingerprint density at radius 2 is 1.86 bits per heavy atom. The Morgan fingerprint density at radius 3 is 2.33 bits per heavy atom. The molecule has 2 rings (SSSR count). The van der Waals surface area contributed by atoms with Gasteiger partial charge in [-0.1, -0.05) is 0 Å². The first-order chi connectivity index (χ1) is 9.85. The summed E-state index contributed by atoms with van der Waals surface area (Å²) in [5, 5.41) is 0.